The van der Waals surface area contributed by atoms with Gasteiger partial charge in [0.2, 0.25) is 0 Å². The number of hydrogen-bond acceptors (Lipinski definition) is 5. The molecule has 1 aliphatic rings. The highest BCUT2D eigenvalue weighted by Crippen LogP contribution is 2.33. The fourth-order valence-electron chi connectivity index (χ4n) is 4.59. The molecule has 0 fully saturated rings. The Kier molecular flexibility index (Phi) is 7.90. The zero-order valence-electron chi connectivity index (χ0n) is 19.0. The second-order valence-corrected chi connectivity index (χ2v) is 8.61. The number of carbonyl (C=O) groups is 1. The third-order valence-corrected chi connectivity index (χ3v) is 6.27. The zero-order chi connectivity index (χ0) is 22.9. The molecule has 0 atom stereocenters. The van der Waals surface area contributed by atoms with Crippen LogP contribution in [0.5, 0.6) is 0 Å². The molecule has 0 aliphatic heterocycles. The van der Waals surface area contributed by atoms with E-state index in [0.717, 1.165) is 55.9 Å². The van der Waals surface area contributed by atoms with Crippen molar-refractivity contribution in [2.45, 2.75) is 51.5 Å². The van der Waals surface area contributed by atoms with Gasteiger partial charge in [-0.15, -0.1) is 0 Å². The van der Waals surface area contributed by atoms with E-state index < -0.39 is 0 Å². The molecule has 1 amide bonds. The molecule has 3 aromatic rings. The summed E-state index contributed by atoms with van der Waals surface area (Å²) in [5.74, 6) is -0.269. The normalized spacial score (nSPS) is 13.2. The standard InChI is InChI=1S/C27H32N4O2/c32-26(19-29-33)31(20-21-11-3-1-4-12-21)18-10-2-9-17-28-27-22-13-5-7-15-24(22)30-25-16-8-6-14-23(25)27/h1,3-5,7,11-13,15,19,33H,2,6,8-10,14,16-18,20H2,(H,28,30)/b29-19-. The number of nitrogens with one attached hydrogen (secondary N) is 1. The SMILES string of the molecule is O=C(/C=N\O)N(CCCCCNc1c2c(nc3ccccc13)CCCC2)Cc1ccccc1. The highest BCUT2D eigenvalue weighted by molar-refractivity contribution is 6.25. The van der Waals surface area contributed by atoms with Crippen molar-refractivity contribution < 1.29 is 10.0 Å². The number of fused-ring (bicyclic) bond motifs is 2. The van der Waals surface area contributed by atoms with Gasteiger partial charge in [-0.1, -0.05) is 53.7 Å². The van der Waals surface area contributed by atoms with Crippen molar-refractivity contribution in [3.05, 3.63) is 71.4 Å². The number of anilines is 1. The number of carbonyl (C=O) groups excluding carboxylic acids is 1. The first kappa shape index (κ1) is 22.8. The van der Waals surface area contributed by atoms with Gasteiger partial charge in [-0.05, 0) is 62.1 Å². The summed E-state index contributed by atoms with van der Waals surface area (Å²) in [5, 5.41) is 16.6. The van der Waals surface area contributed by atoms with Crippen molar-refractivity contribution >= 4 is 28.7 Å². The Morgan fingerprint density at radius 2 is 1.82 bits per heavy atom. The van der Waals surface area contributed by atoms with Crippen LogP contribution in [0.4, 0.5) is 5.69 Å². The van der Waals surface area contributed by atoms with E-state index in [1.54, 1.807) is 4.90 Å². The van der Waals surface area contributed by atoms with E-state index in [2.05, 4.69) is 34.7 Å². The van der Waals surface area contributed by atoms with Crippen LogP contribution in [0, 0.1) is 0 Å². The van der Waals surface area contributed by atoms with Crippen molar-refractivity contribution in [2.75, 3.05) is 18.4 Å². The molecule has 4 rings (SSSR count). The average Bonchev–Trinajstić information content (AvgIpc) is 2.85. The quantitative estimate of drug-likeness (QED) is 0.195. The number of unbranched alkanes of at least 4 members (excludes halogenated alkanes) is 2. The van der Waals surface area contributed by atoms with Crippen LogP contribution in [-0.2, 0) is 24.2 Å². The molecule has 33 heavy (non-hydrogen) atoms. The number of pyridine rings is 1. The van der Waals surface area contributed by atoms with Gasteiger partial charge >= 0.3 is 0 Å². The maximum absolute atomic E-state index is 12.3. The van der Waals surface area contributed by atoms with Gasteiger partial charge in [0.25, 0.3) is 5.91 Å². The summed E-state index contributed by atoms with van der Waals surface area (Å²) in [7, 11) is 0. The minimum absolute atomic E-state index is 0.269. The monoisotopic (exact) mass is 444 g/mol. The van der Waals surface area contributed by atoms with Crippen molar-refractivity contribution in [1.82, 2.24) is 9.88 Å². The molecule has 6 nitrogen and oxygen atoms in total. The molecule has 0 unspecified atom stereocenters. The topological polar surface area (TPSA) is 77.8 Å². The molecule has 1 aliphatic carbocycles. The van der Waals surface area contributed by atoms with Crippen molar-refractivity contribution in [1.29, 1.82) is 0 Å². The lowest BCUT2D eigenvalue weighted by Gasteiger charge is -2.22. The van der Waals surface area contributed by atoms with Gasteiger partial charge in [0.15, 0.2) is 0 Å². The van der Waals surface area contributed by atoms with Crippen LogP contribution in [0.15, 0.2) is 59.8 Å². The maximum atomic E-state index is 12.3. The third kappa shape index (κ3) is 5.89. The van der Waals surface area contributed by atoms with E-state index in [1.807, 2.05) is 30.3 Å². The number of aryl methyl sites for hydroxylation is 1. The minimum Gasteiger partial charge on any atom is -0.411 e. The molecule has 2 N–H and O–H groups in total. The van der Waals surface area contributed by atoms with Crippen LogP contribution in [0.1, 0.15) is 48.9 Å². The largest absolute Gasteiger partial charge is 0.411 e. The van der Waals surface area contributed by atoms with Gasteiger partial charge in [0.05, 0.1) is 5.52 Å². The lowest BCUT2D eigenvalue weighted by molar-refractivity contribution is -0.124. The van der Waals surface area contributed by atoms with Crippen molar-refractivity contribution in [3.8, 4) is 0 Å². The molecule has 0 bridgehead atoms. The highest BCUT2D eigenvalue weighted by Gasteiger charge is 2.18. The Morgan fingerprint density at radius 1 is 1.03 bits per heavy atom. The smallest absolute Gasteiger partial charge is 0.268 e. The van der Waals surface area contributed by atoms with Crippen LogP contribution < -0.4 is 5.32 Å². The van der Waals surface area contributed by atoms with E-state index in [4.69, 9.17) is 10.2 Å². The zero-order valence-corrected chi connectivity index (χ0v) is 19.0. The van der Waals surface area contributed by atoms with E-state index in [9.17, 15) is 4.79 Å². The Hall–Kier alpha value is -3.41. The summed E-state index contributed by atoms with van der Waals surface area (Å²) in [6, 6.07) is 18.3. The van der Waals surface area contributed by atoms with Crippen LogP contribution in [0.3, 0.4) is 0 Å². The van der Waals surface area contributed by atoms with E-state index in [0.29, 0.717) is 13.1 Å². The van der Waals surface area contributed by atoms with Gasteiger partial charge in [-0.2, -0.15) is 0 Å². The summed E-state index contributed by atoms with van der Waals surface area (Å²) < 4.78 is 0. The van der Waals surface area contributed by atoms with Gasteiger partial charge in [0.1, 0.15) is 6.21 Å². The predicted molar refractivity (Wildman–Crippen MR) is 133 cm³/mol. The number of para-hydroxylation sites is 1. The first-order valence-corrected chi connectivity index (χ1v) is 11.9. The number of benzene rings is 2. The molecule has 0 radical (unpaired) electrons. The van der Waals surface area contributed by atoms with Gasteiger partial charge < -0.3 is 15.4 Å². The molecular weight excluding hydrogens is 412 g/mol. The average molecular weight is 445 g/mol. The maximum Gasteiger partial charge on any atom is 0.268 e. The van der Waals surface area contributed by atoms with Crippen LogP contribution in [0.25, 0.3) is 10.9 Å². The first-order chi connectivity index (χ1) is 16.3. The number of rotatable bonds is 10. The number of hydrogen-bond donors (Lipinski definition) is 2. The van der Waals surface area contributed by atoms with Gasteiger partial charge in [0, 0.05) is 36.4 Å². The summed E-state index contributed by atoms with van der Waals surface area (Å²) in [4.78, 5) is 19.0. The Bertz CT molecular complexity index is 1100. The van der Waals surface area contributed by atoms with Crippen molar-refractivity contribution in [3.63, 3.8) is 0 Å². The summed E-state index contributed by atoms with van der Waals surface area (Å²) in [5.41, 5.74) is 6.04. The first-order valence-electron chi connectivity index (χ1n) is 11.9. The number of oxime groups is 1. The van der Waals surface area contributed by atoms with Crippen molar-refractivity contribution in [2.24, 2.45) is 5.16 Å². The molecule has 0 saturated heterocycles. The lowest BCUT2D eigenvalue weighted by atomic mass is 9.92. The van der Waals surface area contributed by atoms with E-state index >= 15 is 0 Å². The van der Waals surface area contributed by atoms with Crippen LogP contribution >= 0.6 is 0 Å². The van der Waals surface area contributed by atoms with Gasteiger partial charge in [-0.3, -0.25) is 9.78 Å². The molecule has 172 valence electrons. The predicted octanol–water partition coefficient (Wildman–Crippen LogP) is 5.18. The second-order valence-electron chi connectivity index (χ2n) is 8.61. The van der Waals surface area contributed by atoms with E-state index in [-0.39, 0.29) is 5.91 Å². The minimum atomic E-state index is -0.269. The molecule has 2 aromatic carbocycles. The van der Waals surface area contributed by atoms with Crippen LogP contribution in [-0.4, -0.2) is 40.3 Å². The molecule has 0 spiro atoms. The molecule has 0 saturated carbocycles. The third-order valence-electron chi connectivity index (χ3n) is 6.27. The molecule has 6 heteroatoms. The summed E-state index contributed by atoms with van der Waals surface area (Å²) >= 11 is 0. The molecule has 1 aromatic heterocycles. The van der Waals surface area contributed by atoms with Gasteiger partial charge in [-0.25, -0.2) is 0 Å². The number of aromatic nitrogens is 1. The van der Waals surface area contributed by atoms with E-state index in [1.165, 1.54) is 35.2 Å². The number of amides is 1. The fourth-order valence-corrected chi connectivity index (χ4v) is 4.59. The highest BCUT2D eigenvalue weighted by atomic mass is 16.4. The summed E-state index contributed by atoms with van der Waals surface area (Å²) in [6.07, 6.45) is 8.51. The fraction of sp³-hybridized carbons (Fsp3) is 0.370. The summed E-state index contributed by atoms with van der Waals surface area (Å²) in [6.45, 7) is 2.04. The lowest BCUT2D eigenvalue weighted by Crippen LogP contribution is -2.32. The second kappa shape index (κ2) is 11.5. The Labute approximate surface area is 195 Å². The Balaban J connectivity index is 1.32. The van der Waals surface area contributed by atoms with Crippen LogP contribution in [0.2, 0.25) is 0 Å². The number of nitrogens with zero attached hydrogens (tertiary/aromatic N) is 3. The Morgan fingerprint density at radius 3 is 2.67 bits per heavy atom. The molecule has 1 heterocycles. The molecular formula is C27H32N4O2.